The van der Waals surface area contributed by atoms with Gasteiger partial charge in [-0.1, -0.05) is 19.3 Å². The number of morpholine rings is 1. The smallest absolute Gasteiger partial charge is 0.328 e. The van der Waals surface area contributed by atoms with Crippen LogP contribution in [-0.4, -0.2) is 47.7 Å². The number of nitrogens with zero attached hydrogens (tertiary/aromatic N) is 1. The first-order valence-corrected chi connectivity index (χ1v) is 6.31. The van der Waals surface area contributed by atoms with Gasteiger partial charge in [0.25, 0.3) is 0 Å². The Morgan fingerprint density at radius 3 is 2.53 bits per heavy atom. The Labute approximate surface area is 101 Å². The van der Waals surface area contributed by atoms with Crippen LogP contribution in [-0.2, 0) is 14.3 Å². The summed E-state index contributed by atoms with van der Waals surface area (Å²) in [5.74, 6) is -0.919. The van der Waals surface area contributed by atoms with E-state index in [1.807, 2.05) is 0 Å². The van der Waals surface area contributed by atoms with Gasteiger partial charge in [-0.3, -0.25) is 4.79 Å². The van der Waals surface area contributed by atoms with Crippen molar-refractivity contribution in [3.8, 4) is 0 Å². The maximum atomic E-state index is 12.3. The fraction of sp³-hybridized carbons (Fsp3) is 0.833. The van der Waals surface area contributed by atoms with E-state index in [2.05, 4.69) is 0 Å². The quantitative estimate of drug-likeness (QED) is 0.779. The van der Waals surface area contributed by atoms with E-state index in [-0.39, 0.29) is 18.4 Å². The Kier molecular flexibility index (Phi) is 3.99. The van der Waals surface area contributed by atoms with Crippen molar-refractivity contribution in [3.05, 3.63) is 0 Å². The molecule has 0 aromatic rings. The molecule has 0 unspecified atom stereocenters. The first kappa shape index (κ1) is 12.4. The second-order valence-electron chi connectivity index (χ2n) is 4.80. The molecule has 1 saturated carbocycles. The van der Waals surface area contributed by atoms with Crippen LogP contribution >= 0.6 is 0 Å². The van der Waals surface area contributed by atoms with Crippen LogP contribution in [0, 0.1) is 5.92 Å². The van der Waals surface area contributed by atoms with Gasteiger partial charge < -0.3 is 14.7 Å². The average molecular weight is 241 g/mol. The molecule has 2 rings (SSSR count). The molecule has 1 heterocycles. The average Bonchev–Trinajstić information content (AvgIpc) is 2.39. The zero-order valence-electron chi connectivity index (χ0n) is 9.93. The number of ether oxygens (including phenoxy) is 1. The van der Waals surface area contributed by atoms with Gasteiger partial charge in [-0.2, -0.15) is 0 Å². The van der Waals surface area contributed by atoms with Crippen molar-refractivity contribution in [3.63, 3.8) is 0 Å². The minimum absolute atomic E-state index is 0.0143. The predicted molar refractivity (Wildman–Crippen MR) is 60.5 cm³/mol. The molecule has 5 nitrogen and oxygen atoms in total. The lowest BCUT2D eigenvalue weighted by molar-refractivity contribution is -0.160. The number of hydrogen-bond donors (Lipinski definition) is 1. The van der Waals surface area contributed by atoms with E-state index in [0.29, 0.717) is 13.2 Å². The van der Waals surface area contributed by atoms with Gasteiger partial charge in [0.2, 0.25) is 5.91 Å². The van der Waals surface area contributed by atoms with E-state index in [9.17, 15) is 9.59 Å². The summed E-state index contributed by atoms with van der Waals surface area (Å²) in [5.41, 5.74) is 0. The lowest BCUT2D eigenvalue weighted by atomic mass is 9.88. The Morgan fingerprint density at radius 2 is 1.88 bits per heavy atom. The van der Waals surface area contributed by atoms with Crippen LogP contribution in [0.3, 0.4) is 0 Å². The summed E-state index contributed by atoms with van der Waals surface area (Å²) in [6.07, 6.45) is 5.16. The molecule has 1 saturated heterocycles. The summed E-state index contributed by atoms with van der Waals surface area (Å²) in [4.78, 5) is 24.9. The van der Waals surface area contributed by atoms with E-state index in [1.165, 1.54) is 11.3 Å². The first-order chi connectivity index (χ1) is 8.20. The third-order valence-electron chi connectivity index (χ3n) is 3.65. The number of carboxylic acid groups (broad SMARTS) is 1. The van der Waals surface area contributed by atoms with Gasteiger partial charge in [0.15, 0.2) is 6.04 Å². The van der Waals surface area contributed by atoms with E-state index in [4.69, 9.17) is 9.84 Å². The Morgan fingerprint density at radius 1 is 1.18 bits per heavy atom. The number of aliphatic carboxylic acids is 1. The van der Waals surface area contributed by atoms with Crippen molar-refractivity contribution in [1.82, 2.24) is 4.90 Å². The summed E-state index contributed by atoms with van der Waals surface area (Å²) in [6.45, 7) is 0.975. The van der Waals surface area contributed by atoms with Crippen LogP contribution in [0.15, 0.2) is 0 Å². The summed E-state index contributed by atoms with van der Waals surface area (Å²) < 4.78 is 5.14. The second kappa shape index (κ2) is 5.49. The highest BCUT2D eigenvalue weighted by molar-refractivity contribution is 5.85. The van der Waals surface area contributed by atoms with E-state index >= 15 is 0 Å². The number of carboxylic acids is 1. The molecule has 0 bridgehead atoms. The highest BCUT2D eigenvalue weighted by Crippen LogP contribution is 2.26. The molecule has 2 fully saturated rings. The van der Waals surface area contributed by atoms with Crippen LogP contribution in [0.5, 0.6) is 0 Å². The Bertz CT molecular complexity index is 299. The molecule has 2 aliphatic rings. The second-order valence-corrected chi connectivity index (χ2v) is 4.80. The van der Waals surface area contributed by atoms with Crippen LogP contribution in [0.1, 0.15) is 32.1 Å². The van der Waals surface area contributed by atoms with Crippen molar-refractivity contribution in [2.75, 3.05) is 19.8 Å². The summed E-state index contributed by atoms with van der Waals surface area (Å²) in [7, 11) is 0. The SMILES string of the molecule is O=C(O)[C@H]1COCCN1C(=O)C1CCCCC1. The predicted octanol–water partition coefficient (Wildman–Crippen LogP) is 0.879. The standard InChI is InChI=1S/C12H19NO4/c14-11(9-4-2-1-3-5-9)13-6-7-17-8-10(13)12(15)16/h9-10H,1-8H2,(H,15,16)/t10-/m1/s1. The van der Waals surface area contributed by atoms with Gasteiger partial charge in [0.05, 0.1) is 13.2 Å². The third-order valence-corrected chi connectivity index (χ3v) is 3.65. The number of carbonyl (C=O) groups excluding carboxylic acids is 1. The van der Waals surface area contributed by atoms with Crippen molar-refractivity contribution < 1.29 is 19.4 Å². The monoisotopic (exact) mass is 241 g/mol. The number of rotatable bonds is 2. The Hall–Kier alpha value is -1.10. The van der Waals surface area contributed by atoms with E-state index in [0.717, 1.165) is 25.7 Å². The summed E-state index contributed by atoms with van der Waals surface area (Å²) in [6, 6.07) is -0.793. The van der Waals surface area contributed by atoms with Crippen molar-refractivity contribution in [2.24, 2.45) is 5.92 Å². The largest absolute Gasteiger partial charge is 0.480 e. The summed E-state index contributed by atoms with van der Waals surface area (Å²) in [5, 5.41) is 9.08. The molecule has 1 aliphatic heterocycles. The minimum Gasteiger partial charge on any atom is -0.480 e. The maximum Gasteiger partial charge on any atom is 0.328 e. The lowest BCUT2D eigenvalue weighted by Gasteiger charge is -2.36. The van der Waals surface area contributed by atoms with Crippen LogP contribution in [0.4, 0.5) is 0 Å². The molecule has 17 heavy (non-hydrogen) atoms. The minimum atomic E-state index is -0.964. The molecular formula is C12H19NO4. The third kappa shape index (κ3) is 2.77. The van der Waals surface area contributed by atoms with E-state index < -0.39 is 12.0 Å². The fourth-order valence-electron chi connectivity index (χ4n) is 2.66. The number of carbonyl (C=O) groups is 2. The maximum absolute atomic E-state index is 12.3. The zero-order valence-corrected chi connectivity index (χ0v) is 9.93. The molecule has 1 amide bonds. The van der Waals surface area contributed by atoms with Gasteiger partial charge in [-0.15, -0.1) is 0 Å². The number of hydrogen-bond acceptors (Lipinski definition) is 3. The molecule has 96 valence electrons. The van der Waals surface area contributed by atoms with Gasteiger partial charge in [0, 0.05) is 12.5 Å². The van der Waals surface area contributed by atoms with Crippen molar-refractivity contribution in [2.45, 2.75) is 38.1 Å². The molecule has 1 aliphatic carbocycles. The number of amides is 1. The molecule has 0 aromatic heterocycles. The Balaban J connectivity index is 2.02. The lowest BCUT2D eigenvalue weighted by Crippen LogP contribution is -2.54. The van der Waals surface area contributed by atoms with Crippen LogP contribution in [0.25, 0.3) is 0 Å². The molecule has 0 spiro atoms. The van der Waals surface area contributed by atoms with Crippen molar-refractivity contribution >= 4 is 11.9 Å². The summed E-state index contributed by atoms with van der Waals surface area (Å²) >= 11 is 0. The first-order valence-electron chi connectivity index (χ1n) is 6.31. The van der Waals surface area contributed by atoms with Gasteiger partial charge in [-0.05, 0) is 12.8 Å². The molecule has 5 heteroatoms. The highest BCUT2D eigenvalue weighted by Gasteiger charge is 2.36. The fourth-order valence-corrected chi connectivity index (χ4v) is 2.66. The molecule has 1 N–H and O–H groups in total. The highest BCUT2D eigenvalue weighted by atomic mass is 16.5. The van der Waals surface area contributed by atoms with E-state index in [1.54, 1.807) is 0 Å². The topological polar surface area (TPSA) is 66.8 Å². The molecule has 1 atom stereocenters. The normalized spacial score (nSPS) is 26.8. The van der Waals surface area contributed by atoms with Gasteiger partial charge >= 0.3 is 5.97 Å². The molecule has 0 aromatic carbocycles. The zero-order chi connectivity index (χ0) is 12.3. The van der Waals surface area contributed by atoms with Crippen LogP contribution in [0.2, 0.25) is 0 Å². The molecular weight excluding hydrogens is 222 g/mol. The van der Waals surface area contributed by atoms with Gasteiger partial charge in [0.1, 0.15) is 0 Å². The van der Waals surface area contributed by atoms with Gasteiger partial charge in [-0.25, -0.2) is 4.79 Å². The molecule has 0 radical (unpaired) electrons. The van der Waals surface area contributed by atoms with Crippen molar-refractivity contribution in [1.29, 1.82) is 0 Å². The van der Waals surface area contributed by atoms with Crippen LogP contribution < -0.4 is 0 Å².